The molecule has 5 nitrogen and oxygen atoms in total. The molecular formula is C13H17NO4. The van der Waals surface area contributed by atoms with Gasteiger partial charge in [-0.2, -0.15) is 0 Å². The Morgan fingerprint density at radius 3 is 2.44 bits per heavy atom. The first-order chi connectivity index (χ1) is 8.56. The van der Waals surface area contributed by atoms with Gasteiger partial charge < -0.3 is 9.47 Å². The van der Waals surface area contributed by atoms with Gasteiger partial charge in [-0.3, -0.25) is 4.90 Å². The summed E-state index contributed by atoms with van der Waals surface area (Å²) in [5.74, 6) is -0.478. The van der Waals surface area contributed by atoms with E-state index in [2.05, 4.69) is 4.74 Å². The van der Waals surface area contributed by atoms with Crippen LogP contribution in [0.2, 0.25) is 0 Å². The summed E-state index contributed by atoms with van der Waals surface area (Å²) in [6.45, 7) is 1.76. The average Bonchev–Trinajstić information content (AvgIpc) is 2.43. The van der Waals surface area contributed by atoms with Gasteiger partial charge in [0.15, 0.2) is 0 Å². The van der Waals surface area contributed by atoms with Crippen LogP contribution in [0.3, 0.4) is 0 Å². The van der Waals surface area contributed by atoms with Gasteiger partial charge in [-0.05, 0) is 12.5 Å². The number of likely N-dealkylation sites (N-methyl/N-ethyl adjacent to an activating group) is 1. The van der Waals surface area contributed by atoms with Gasteiger partial charge in [0.25, 0.3) is 0 Å². The number of amides is 1. The SMILES string of the molecule is COC(=O)[C@H](C)N(C)C(=O)OCc1ccccc1. The zero-order chi connectivity index (χ0) is 13.5. The van der Waals surface area contributed by atoms with Crippen LogP contribution in [0.15, 0.2) is 30.3 Å². The zero-order valence-corrected chi connectivity index (χ0v) is 10.8. The molecule has 0 bridgehead atoms. The molecule has 98 valence electrons. The van der Waals surface area contributed by atoms with Crippen LogP contribution in [0, 0.1) is 0 Å². The Hall–Kier alpha value is -2.04. The van der Waals surface area contributed by atoms with E-state index in [-0.39, 0.29) is 6.61 Å². The first-order valence-corrected chi connectivity index (χ1v) is 5.57. The van der Waals surface area contributed by atoms with Crippen LogP contribution in [-0.4, -0.2) is 37.2 Å². The summed E-state index contributed by atoms with van der Waals surface area (Å²) in [6, 6.07) is 8.66. The molecule has 0 saturated heterocycles. The molecule has 0 aliphatic heterocycles. The second kappa shape index (κ2) is 6.64. The molecule has 0 saturated carbocycles. The maximum atomic E-state index is 11.7. The summed E-state index contributed by atoms with van der Waals surface area (Å²) in [4.78, 5) is 24.1. The van der Waals surface area contributed by atoms with E-state index in [4.69, 9.17) is 4.74 Å². The highest BCUT2D eigenvalue weighted by Gasteiger charge is 2.23. The minimum absolute atomic E-state index is 0.178. The zero-order valence-electron chi connectivity index (χ0n) is 10.8. The number of hydrogen-bond donors (Lipinski definition) is 0. The van der Waals surface area contributed by atoms with Crippen LogP contribution < -0.4 is 0 Å². The average molecular weight is 251 g/mol. The molecular weight excluding hydrogens is 234 g/mol. The Morgan fingerprint density at radius 1 is 1.28 bits per heavy atom. The molecule has 0 radical (unpaired) electrons. The van der Waals surface area contributed by atoms with E-state index >= 15 is 0 Å². The Bertz CT molecular complexity index is 405. The molecule has 1 aromatic carbocycles. The Morgan fingerprint density at radius 2 is 1.89 bits per heavy atom. The first kappa shape index (κ1) is 14.0. The third-order valence-electron chi connectivity index (χ3n) is 2.62. The molecule has 1 rings (SSSR count). The Kier molecular flexibility index (Phi) is 5.17. The molecule has 1 aromatic rings. The Labute approximate surface area is 106 Å². The van der Waals surface area contributed by atoms with Crippen LogP contribution in [0.5, 0.6) is 0 Å². The molecule has 0 aliphatic carbocycles. The molecule has 0 aromatic heterocycles. The highest BCUT2D eigenvalue weighted by Crippen LogP contribution is 2.05. The van der Waals surface area contributed by atoms with E-state index < -0.39 is 18.1 Å². The molecule has 0 heterocycles. The summed E-state index contributed by atoms with van der Waals surface area (Å²) in [5, 5.41) is 0. The van der Waals surface area contributed by atoms with Crippen molar-refractivity contribution in [1.82, 2.24) is 4.90 Å². The molecule has 0 spiro atoms. The summed E-state index contributed by atoms with van der Waals surface area (Å²) in [5.41, 5.74) is 0.893. The molecule has 0 unspecified atom stereocenters. The highest BCUT2D eigenvalue weighted by atomic mass is 16.6. The number of carbonyl (C=O) groups is 2. The summed E-state index contributed by atoms with van der Waals surface area (Å²) >= 11 is 0. The van der Waals surface area contributed by atoms with E-state index in [0.29, 0.717) is 0 Å². The number of carbonyl (C=O) groups excluding carboxylic acids is 2. The predicted octanol–water partition coefficient (Wildman–Crippen LogP) is 1.82. The van der Waals surface area contributed by atoms with E-state index in [0.717, 1.165) is 5.56 Å². The molecule has 18 heavy (non-hydrogen) atoms. The van der Waals surface area contributed by atoms with Crippen molar-refractivity contribution >= 4 is 12.1 Å². The van der Waals surface area contributed by atoms with Gasteiger partial charge in [-0.25, -0.2) is 9.59 Å². The number of nitrogens with zero attached hydrogens (tertiary/aromatic N) is 1. The van der Waals surface area contributed by atoms with Crippen molar-refractivity contribution in [3.8, 4) is 0 Å². The lowest BCUT2D eigenvalue weighted by molar-refractivity contribution is -0.145. The number of rotatable bonds is 4. The number of benzene rings is 1. The second-order valence-corrected chi connectivity index (χ2v) is 3.85. The summed E-state index contributed by atoms with van der Waals surface area (Å²) in [6.07, 6.45) is -0.559. The van der Waals surface area contributed by atoms with Gasteiger partial charge in [0.05, 0.1) is 7.11 Å². The lowest BCUT2D eigenvalue weighted by Crippen LogP contribution is -2.41. The molecule has 1 atom stereocenters. The normalized spacial score (nSPS) is 11.5. The predicted molar refractivity (Wildman–Crippen MR) is 65.9 cm³/mol. The molecule has 1 amide bonds. The van der Waals surface area contributed by atoms with Crippen LogP contribution in [-0.2, 0) is 20.9 Å². The largest absolute Gasteiger partial charge is 0.467 e. The van der Waals surface area contributed by atoms with Crippen LogP contribution in [0.25, 0.3) is 0 Å². The van der Waals surface area contributed by atoms with Crippen LogP contribution >= 0.6 is 0 Å². The molecule has 0 aliphatic rings. The van der Waals surface area contributed by atoms with Gasteiger partial charge in [0, 0.05) is 7.05 Å². The molecule has 0 N–H and O–H groups in total. The second-order valence-electron chi connectivity index (χ2n) is 3.85. The summed E-state index contributed by atoms with van der Waals surface area (Å²) < 4.78 is 9.64. The van der Waals surface area contributed by atoms with Crippen molar-refractivity contribution in [3.63, 3.8) is 0 Å². The highest BCUT2D eigenvalue weighted by molar-refractivity contribution is 5.80. The molecule has 0 fully saturated rings. The lowest BCUT2D eigenvalue weighted by atomic mass is 10.2. The standard InChI is InChI=1S/C13H17NO4/c1-10(12(15)17-3)14(2)13(16)18-9-11-7-5-4-6-8-11/h4-8,10H,9H2,1-3H3/t10-/m0/s1. The number of ether oxygens (including phenoxy) is 2. The maximum absolute atomic E-state index is 11.7. The Balaban J connectivity index is 2.48. The number of methoxy groups -OCH3 is 1. The lowest BCUT2D eigenvalue weighted by Gasteiger charge is -2.22. The van der Waals surface area contributed by atoms with Crippen molar-refractivity contribution in [2.75, 3.05) is 14.2 Å². The van der Waals surface area contributed by atoms with Gasteiger partial charge >= 0.3 is 12.1 Å². The van der Waals surface area contributed by atoms with E-state index in [9.17, 15) is 9.59 Å². The smallest absolute Gasteiger partial charge is 0.410 e. The third-order valence-corrected chi connectivity index (χ3v) is 2.62. The maximum Gasteiger partial charge on any atom is 0.410 e. The molecule has 5 heteroatoms. The number of hydrogen-bond acceptors (Lipinski definition) is 4. The quantitative estimate of drug-likeness (QED) is 0.766. The van der Waals surface area contributed by atoms with Gasteiger partial charge in [0.1, 0.15) is 12.6 Å². The van der Waals surface area contributed by atoms with Gasteiger partial charge in [-0.1, -0.05) is 30.3 Å². The fraction of sp³-hybridized carbons (Fsp3) is 0.385. The minimum Gasteiger partial charge on any atom is -0.467 e. The van der Waals surface area contributed by atoms with Crippen LogP contribution in [0.4, 0.5) is 4.79 Å². The van der Waals surface area contributed by atoms with Crippen molar-refractivity contribution in [2.45, 2.75) is 19.6 Å². The first-order valence-electron chi connectivity index (χ1n) is 5.57. The fourth-order valence-electron chi connectivity index (χ4n) is 1.31. The van der Waals surface area contributed by atoms with E-state index in [1.54, 1.807) is 6.92 Å². The summed E-state index contributed by atoms with van der Waals surface area (Å²) in [7, 11) is 2.77. The van der Waals surface area contributed by atoms with Gasteiger partial charge in [-0.15, -0.1) is 0 Å². The van der Waals surface area contributed by atoms with Crippen molar-refractivity contribution < 1.29 is 19.1 Å². The van der Waals surface area contributed by atoms with Crippen LogP contribution in [0.1, 0.15) is 12.5 Å². The van der Waals surface area contributed by atoms with Crippen molar-refractivity contribution in [2.24, 2.45) is 0 Å². The third kappa shape index (κ3) is 3.76. The fourth-order valence-corrected chi connectivity index (χ4v) is 1.31. The van der Waals surface area contributed by atoms with Crippen molar-refractivity contribution in [3.05, 3.63) is 35.9 Å². The minimum atomic E-state index is -0.668. The van der Waals surface area contributed by atoms with E-state index in [1.807, 2.05) is 30.3 Å². The monoisotopic (exact) mass is 251 g/mol. The number of esters is 1. The van der Waals surface area contributed by atoms with Crippen molar-refractivity contribution in [1.29, 1.82) is 0 Å². The van der Waals surface area contributed by atoms with E-state index in [1.165, 1.54) is 19.1 Å². The topological polar surface area (TPSA) is 55.8 Å². The van der Waals surface area contributed by atoms with Gasteiger partial charge in [0.2, 0.25) is 0 Å².